The summed E-state index contributed by atoms with van der Waals surface area (Å²) in [5.74, 6) is -22.6. The number of methoxy groups -OCH3 is 4. The number of carbonyl (C=O) groups is 2. The van der Waals surface area contributed by atoms with Gasteiger partial charge < -0.3 is 75.8 Å². The summed E-state index contributed by atoms with van der Waals surface area (Å²) in [5, 5.41) is 0. The van der Waals surface area contributed by atoms with Crippen molar-refractivity contribution in [1.82, 2.24) is 0 Å². The van der Waals surface area contributed by atoms with Gasteiger partial charge in [-0.05, 0) is 71.5 Å². The van der Waals surface area contributed by atoms with Crippen LogP contribution in [0.15, 0.2) is 116 Å². The van der Waals surface area contributed by atoms with Crippen LogP contribution < -0.4 is 0 Å². The number of halogens is 6. The van der Waals surface area contributed by atoms with Gasteiger partial charge in [0.2, 0.25) is 19.7 Å². The quantitative estimate of drug-likeness (QED) is 0.0406. The zero-order valence-electron chi connectivity index (χ0n) is 50.8. The van der Waals surface area contributed by atoms with Crippen molar-refractivity contribution in [3.8, 4) is 22.3 Å². The van der Waals surface area contributed by atoms with E-state index in [1.807, 2.05) is 0 Å². The fourth-order valence-electron chi connectivity index (χ4n) is 14.1. The highest BCUT2D eigenvalue weighted by Gasteiger charge is 2.82. The molecule has 11 aliphatic rings. The maximum absolute atomic E-state index is 17.0. The van der Waals surface area contributed by atoms with Gasteiger partial charge in [0.25, 0.3) is 11.9 Å². The van der Waals surface area contributed by atoms with Crippen molar-refractivity contribution in [2.75, 3.05) is 55.6 Å². The number of rotatable bonds is 22. The van der Waals surface area contributed by atoms with Crippen LogP contribution in [0.3, 0.4) is 0 Å². The smallest absolute Gasteiger partial charge is 0.380 e. The molecule has 8 unspecified atom stereocenters. The first-order valence-corrected chi connectivity index (χ1v) is 32.4. The number of alkyl halides is 6. The van der Waals surface area contributed by atoms with Crippen molar-refractivity contribution in [1.29, 1.82) is 0 Å². The second kappa shape index (κ2) is 23.7. The van der Waals surface area contributed by atoms with E-state index in [1.54, 1.807) is 13.8 Å². The Kier molecular flexibility index (Phi) is 16.7. The number of esters is 2. The van der Waals surface area contributed by atoms with E-state index in [4.69, 9.17) is 75.8 Å². The van der Waals surface area contributed by atoms with Crippen LogP contribution in [0.4, 0.5) is 26.3 Å². The molecule has 0 N–H and O–H groups in total. The third-order valence-electron chi connectivity index (χ3n) is 18.0. The van der Waals surface area contributed by atoms with Crippen molar-refractivity contribution in [2.45, 2.75) is 153 Å². The molecule has 8 heterocycles. The molecule has 4 aromatic carbocycles. The zero-order chi connectivity index (χ0) is 66.3. The third-order valence-corrected chi connectivity index (χ3v) is 22.1. The van der Waals surface area contributed by atoms with Gasteiger partial charge in [-0.2, -0.15) is 26.3 Å². The Morgan fingerprint density at radius 3 is 0.989 bits per heavy atom. The van der Waals surface area contributed by atoms with Crippen molar-refractivity contribution in [3.63, 3.8) is 0 Å². The molecule has 8 fully saturated rings. The van der Waals surface area contributed by atoms with Crippen molar-refractivity contribution >= 4 is 42.8 Å². The van der Waals surface area contributed by atoms with Crippen molar-refractivity contribution in [3.05, 3.63) is 128 Å². The Bertz CT molecular complexity index is 3700. The topological polar surface area (TPSA) is 250 Å². The van der Waals surface area contributed by atoms with E-state index in [2.05, 4.69) is 0 Å². The molecule has 14 atom stereocenters. The minimum absolute atomic E-state index is 0.00422. The number of ether oxygens (including phenoxy) is 16. The van der Waals surface area contributed by atoms with Crippen LogP contribution in [0.1, 0.15) is 72.4 Å². The van der Waals surface area contributed by atoms with E-state index in [1.165, 1.54) is 103 Å². The molecule has 15 rings (SSSR count). The summed E-state index contributed by atoms with van der Waals surface area (Å²) < 4.78 is 252. The molecule has 2 saturated carbocycles. The average molecular weight is 1350 g/mol. The predicted octanol–water partition coefficient (Wildman–Crippen LogP) is 8.50. The second-order valence-electron chi connectivity index (χ2n) is 23.5. The summed E-state index contributed by atoms with van der Waals surface area (Å²) in [4.78, 5) is 24.6. The highest BCUT2D eigenvalue weighted by atomic mass is 32.2. The van der Waals surface area contributed by atoms with Crippen LogP contribution in [0.2, 0.25) is 0 Å². The van der Waals surface area contributed by atoms with Gasteiger partial charge in [-0.25, -0.2) is 26.4 Å². The summed E-state index contributed by atoms with van der Waals surface area (Å²) in [7, 11) is -4.24. The van der Waals surface area contributed by atoms with Crippen molar-refractivity contribution in [2.24, 2.45) is 0 Å². The van der Waals surface area contributed by atoms with E-state index in [9.17, 15) is 26.4 Å². The van der Waals surface area contributed by atoms with Gasteiger partial charge in [-0.15, -0.1) is 0 Å². The van der Waals surface area contributed by atoms with Gasteiger partial charge in [-0.3, -0.25) is 0 Å². The van der Waals surface area contributed by atoms with Gasteiger partial charge in [0, 0.05) is 75.7 Å². The molecular formula is C63H62F6O22S2. The number of fused-ring (bicyclic) bond motifs is 2. The molecule has 0 spiro atoms. The number of hydrogen-bond acceptors (Lipinski definition) is 22. The van der Waals surface area contributed by atoms with Gasteiger partial charge >= 0.3 is 29.7 Å². The largest absolute Gasteiger partial charge is 0.453 e. The first kappa shape index (κ1) is 65.6. The molecule has 500 valence electrons. The van der Waals surface area contributed by atoms with E-state index in [-0.39, 0.29) is 60.6 Å². The zero-order valence-corrected chi connectivity index (χ0v) is 52.5. The van der Waals surface area contributed by atoms with E-state index in [0.29, 0.717) is 0 Å². The fourth-order valence-corrected chi connectivity index (χ4v) is 17.8. The summed E-state index contributed by atoms with van der Waals surface area (Å²) in [5.41, 5.74) is -6.90. The first-order valence-electron chi connectivity index (χ1n) is 29.4. The highest BCUT2D eigenvalue weighted by molar-refractivity contribution is 7.96. The molecule has 0 radical (unpaired) electrons. The maximum atomic E-state index is 17.0. The molecule has 93 heavy (non-hydrogen) atoms. The number of carbonyl (C=O) groups excluding carboxylic acids is 2. The maximum Gasteiger partial charge on any atom is 0.380 e. The SMILES string of the molecule is CCC1=C(C2=C(C3=C(CC)S(=O)(=O)c4cc(-c5ccc(C(=O)O[C@H]6C7OC8(C)OC(C7OCOC)[C@@H](OCOC)[C@@H]6O8)cc5)ccc43)C(F)(F)C(F)(F)C2(F)F)c2ccc(-c3ccc(C(=O)OC4C5OC6(C)O[C@@H](C5OCOC)[C@H](OCOC)[C@H]4O6)cc3)cc2S1(=O)=O. The van der Waals surface area contributed by atoms with E-state index < -0.39 is 200 Å². The van der Waals surface area contributed by atoms with Crippen LogP contribution in [0, 0.1) is 0 Å². The summed E-state index contributed by atoms with van der Waals surface area (Å²) in [6.45, 7) is 4.83. The summed E-state index contributed by atoms with van der Waals surface area (Å²) in [6.07, 6.45) is -12.1. The number of benzene rings is 4. The van der Waals surface area contributed by atoms with Crippen LogP contribution in [-0.4, -0.2) is 187 Å². The van der Waals surface area contributed by atoms with Gasteiger partial charge in [0.05, 0.1) is 30.7 Å². The molecule has 3 aliphatic carbocycles. The fraction of sp³-hybridized carbons (Fsp3) is 0.492. The average Bonchev–Trinajstić information content (AvgIpc) is 1.56. The molecule has 30 heteroatoms. The number of sulfone groups is 2. The highest BCUT2D eigenvalue weighted by Crippen LogP contribution is 2.68. The minimum atomic E-state index is -6.24. The lowest BCUT2D eigenvalue weighted by Crippen LogP contribution is -2.79. The Labute approximate surface area is 528 Å². The number of hydrogen-bond donors (Lipinski definition) is 0. The first-order chi connectivity index (χ1) is 44.1. The lowest BCUT2D eigenvalue weighted by Gasteiger charge is -2.61. The summed E-state index contributed by atoms with van der Waals surface area (Å²) >= 11 is 0. The molecule has 22 nitrogen and oxygen atoms in total. The van der Waals surface area contributed by atoms with Crippen LogP contribution >= 0.6 is 0 Å². The molecule has 0 aromatic heterocycles. The van der Waals surface area contributed by atoms with Gasteiger partial charge in [0.1, 0.15) is 88.2 Å². The summed E-state index contributed by atoms with van der Waals surface area (Å²) in [6, 6.07) is 17.8. The Hall–Kier alpha value is -6.04. The Morgan fingerprint density at radius 1 is 0.430 bits per heavy atom. The molecule has 0 amide bonds. The van der Waals surface area contributed by atoms with E-state index >= 15 is 26.3 Å². The lowest BCUT2D eigenvalue weighted by molar-refractivity contribution is -0.536. The number of allylic oxidation sites excluding steroid dienone is 6. The van der Waals surface area contributed by atoms with Gasteiger partial charge in [0.15, 0.2) is 12.2 Å². The van der Waals surface area contributed by atoms with Crippen LogP contribution in [0.5, 0.6) is 0 Å². The second-order valence-corrected chi connectivity index (χ2v) is 27.3. The van der Waals surface area contributed by atoms with Crippen molar-refractivity contribution < 1.29 is 129 Å². The Morgan fingerprint density at radius 2 is 0.710 bits per heavy atom. The normalized spacial score (nSPS) is 33.2. The molecule has 6 saturated heterocycles. The van der Waals surface area contributed by atoms with Gasteiger partial charge in [-0.1, -0.05) is 62.4 Å². The third kappa shape index (κ3) is 10.2. The molecule has 8 bridgehead atoms. The Balaban J connectivity index is 0.797. The molecule has 8 aliphatic heterocycles. The predicted molar refractivity (Wildman–Crippen MR) is 306 cm³/mol. The van der Waals surface area contributed by atoms with Crippen LogP contribution in [0.25, 0.3) is 33.4 Å². The minimum Gasteiger partial charge on any atom is -0.453 e. The molecular weight excluding hydrogens is 1290 g/mol. The van der Waals surface area contributed by atoms with Crippen LogP contribution in [-0.2, 0) is 95.5 Å². The monoisotopic (exact) mass is 1350 g/mol. The standard InChI is InChI=1S/C63H62F6O22S2/c1-9-37-41(35-21-19-33(23-39(35)92(37,72)73)29-11-15-31(16-12-29)57(70)84-49-53-45(80-25-76-5)51-46(81-26-77-6)54(49)89-59(3,86-51)88-53)43-44(62(66,67)63(68,69)61(43,64)65)42-36-22-20-34(24-40(36)93(74,75)38(42)10-2)30-13-17-32(18-14-30)58(71)85-50-55-47(82-27-78-7)52-48(83-28-79-8)56(50)91-60(4,87-52)90-55/h11-24,45-56H,9-10,25-28H2,1-8H3/t45-,46?,47+,48?,49-,50?,51?,52-,53+,54?,55-,56?,59?,60?/m1/s1. The lowest BCUT2D eigenvalue weighted by atomic mass is 9.81. The molecule has 4 aromatic rings. The van der Waals surface area contributed by atoms with E-state index in [0.717, 1.165) is 24.3 Å².